The van der Waals surface area contributed by atoms with Gasteiger partial charge in [-0.25, -0.2) is 9.67 Å². The van der Waals surface area contributed by atoms with Crippen molar-refractivity contribution < 1.29 is 0 Å². The minimum absolute atomic E-state index is 0.807. The SMILES string of the molecule is CNc1cc(-n2nnc3ccccc32)ccn1. The summed E-state index contributed by atoms with van der Waals surface area (Å²) in [6.07, 6.45) is 1.75. The molecule has 3 rings (SSSR count). The normalized spacial score (nSPS) is 10.6. The summed E-state index contributed by atoms with van der Waals surface area (Å²) >= 11 is 0. The standard InChI is InChI=1S/C12H11N5/c1-13-12-8-9(6-7-14-12)17-11-5-3-2-4-10(11)15-16-17/h2-8H,1H3,(H,13,14). The van der Waals surface area contributed by atoms with E-state index in [4.69, 9.17) is 0 Å². The van der Waals surface area contributed by atoms with Gasteiger partial charge in [0.2, 0.25) is 0 Å². The molecule has 0 atom stereocenters. The summed E-state index contributed by atoms with van der Waals surface area (Å²) in [6.45, 7) is 0. The second-order valence-electron chi connectivity index (χ2n) is 3.64. The van der Waals surface area contributed by atoms with Crippen LogP contribution in [-0.4, -0.2) is 27.0 Å². The molecule has 0 fully saturated rings. The van der Waals surface area contributed by atoms with Gasteiger partial charge in [0.25, 0.3) is 0 Å². The van der Waals surface area contributed by atoms with E-state index in [2.05, 4.69) is 20.6 Å². The second-order valence-corrected chi connectivity index (χ2v) is 3.64. The highest BCUT2D eigenvalue weighted by Gasteiger charge is 2.05. The van der Waals surface area contributed by atoms with Gasteiger partial charge in [0.05, 0.1) is 11.2 Å². The number of hydrogen-bond donors (Lipinski definition) is 1. The lowest BCUT2D eigenvalue weighted by molar-refractivity contribution is 0.822. The molecular formula is C12H11N5. The largest absolute Gasteiger partial charge is 0.373 e. The van der Waals surface area contributed by atoms with Gasteiger partial charge in [-0.1, -0.05) is 17.3 Å². The van der Waals surface area contributed by atoms with Gasteiger partial charge in [-0.3, -0.25) is 0 Å². The Balaban J connectivity index is 2.20. The van der Waals surface area contributed by atoms with Crippen LogP contribution in [0, 0.1) is 0 Å². The molecule has 5 nitrogen and oxygen atoms in total. The number of fused-ring (bicyclic) bond motifs is 1. The molecule has 0 aliphatic rings. The average Bonchev–Trinajstić information content (AvgIpc) is 2.82. The molecular weight excluding hydrogens is 214 g/mol. The number of para-hydroxylation sites is 1. The number of rotatable bonds is 2. The summed E-state index contributed by atoms with van der Waals surface area (Å²) in [5.41, 5.74) is 2.81. The maximum Gasteiger partial charge on any atom is 0.127 e. The molecule has 1 aromatic carbocycles. The average molecular weight is 225 g/mol. The van der Waals surface area contributed by atoms with Crippen LogP contribution < -0.4 is 5.32 Å². The third-order valence-electron chi connectivity index (χ3n) is 2.60. The molecule has 0 aliphatic carbocycles. The van der Waals surface area contributed by atoms with Crippen molar-refractivity contribution in [2.45, 2.75) is 0 Å². The first-order valence-corrected chi connectivity index (χ1v) is 5.33. The highest BCUT2D eigenvalue weighted by atomic mass is 15.4. The maximum atomic E-state index is 4.18. The summed E-state index contributed by atoms with van der Waals surface area (Å²) in [5.74, 6) is 0.807. The zero-order chi connectivity index (χ0) is 11.7. The van der Waals surface area contributed by atoms with Crippen LogP contribution >= 0.6 is 0 Å². The van der Waals surface area contributed by atoms with E-state index in [1.54, 1.807) is 10.9 Å². The van der Waals surface area contributed by atoms with E-state index in [9.17, 15) is 0 Å². The smallest absolute Gasteiger partial charge is 0.127 e. The van der Waals surface area contributed by atoms with Crippen LogP contribution in [0.3, 0.4) is 0 Å². The number of hydrogen-bond acceptors (Lipinski definition) is 4. The lowest BCUT2D eigenvalue weighted by Gasteiger charge is -2.04. The summed E-state index contributed by atoms with van der Waals surface area (Å²) < 4.78 is 1.80. The summed E-state index contributed by atoms with van der Waals surface area (Å²) in [5, 5.41) is 11.3. The van der Waals surface area contributed by atoms with Gasteiger partial charge < -0.3 is 5.32 Å². The molecule has 84 valence electrons. The molecule has 0 amide bonds. The molecule has 0 unspecified atom stereocenters. The first kappa shape index (κ1) is 9.77. The Morgan fingerprint density at radius 1 is 1.18 bits per heavy atom. The summed E-state index contributed by atoms with van der Waals surface area (Å²) in [4.78, 5) is 4.18. The summed E-state index contributed by atoms with van der Waals surface area (Å²) in [6, 6.07) is 11.7. The Kier molecular flexibility index (Phi) is 2.22. The molecule has 0 aliphatic heterocycles. The van der Waals surface area contributed by atoms with Gasteiger partial charge in [0.15, 0.2) is 0 Å². The van der Waals surface area contributed by atoms with E-state index in [0.29, 0.717) is 0 Å². The van der Waals surface area contributed by atoms with Crippen LogP contribution in [0.4, 0.5) is 5.82 Å². The molecule has 0 spiro atoms. The molecule has 0 bridgehead atoms. The van der Waals surface area contributed by atoms with Gasteiger partial charge in [0, 0.05) is 19.3 Å². The van der Waals surface area contributed by atoms with Crippen molar-refractivity contribution in [3.8, 4) is 5.69 Å². The molecule has 2 heterocycles. The highest BCUT2D eigenvalue weighted by molar-refractivity contribution is 5.76. The highest BCUT2D eigenvalue weighted by Crippen LogP contribution is 2.16. The molecule has 2 aromatic heterocycles. The van der Waals surface area contributed by atoms with E-state index < -0.39 is 0 Å². The van der Waals surface area contributed by atoms with Crippen molar-refractivity contribution in [2.24, 2.45) is 0 Å². The Labute approximate surface area is 98.1 Å². The van der Waals surface area contributed by atoms with Crippen LogP contribution in [0.1, 0.15) is 0 Å². The molecule has 0 saturated heterocycles. The zero-order valence-electron chi connectivity index (χ0n) is 9.33. The van der Waals surface area contributed by atoms with Crippen LogP contribution in [0.15, 0.2) is 42.6 Å². The fourth-order valence-corrected chi connectivity index (χ4v) is 1.75. The summed E-state index contributed by atoms with van der Waals surface area (Å²) in [7, 11) is 1.84. The van der Waals surface area contributed by atoms with Crippen molar-refractivity contribution in [3.05, 3.63) is 42.6 Å². The monoisotopic (exact) mass is 225 g/mol. The molecule has 0 radical (unpaired) electrons. The van der Waals surface area contributed by atoms with Crippen molar-refractivity contribution in [3.63, 3.8) is 0 Å². The number of benzene rings is 1. The number of aromatic nitrogens is 4. The van der Waals surface area contributed by atoms with Gasteiger partial charge in [-0.15, -0.1) is 5.10 Å². The predicted molar refractivity (Wildman–Crippen MR) is 66.2 cm³/mol. The van der Waals surface area contributed by atoms with E-state index in [0.717, 1.165) is 22.5 Å². The fourth-order valence-electron chi connectivity index (χ4n) is 1.75. The lowest BCUT2D eigenvalue weighted by Crippen LogP contribution is -1.99. The molecule has 5 heteroatoms. The molecule has 1 N–H and O–H groups in total. The van der Waals surface area contributed by atoms with Crippen molar-refractivity contribution in [1.29, 1.82) is 0 Å². The molecule has 3 aromatic rings. The lowest BCUT2D eigenvalue weighted by atomic mass is 10.3. The Morgan fingerprint density at radius 3 is 2.94 bits per heavy atom. The first-order chi connectivity index (χ1) is 8.38. The van der Waals surface area contributed by atoms with E-state index >= 15 is 0 Å². The van der Waals surface area contributed by atoms with Gasteiger partial charge in [0.1, 0.15) is 11.3 Å². The molecule has 0 saturated carbocycles. The Hall–Kier alpha value is -2.43. The van der Waals surface area contributed by atoms with Gasteiger partial charge in [-0.2, -0.15) is 0 Å². The van der Waals surface area contributed by atoms with E-state index in [1.165, 1.54) is 0 Å². The quantitative estimate of drug-likeness (QED) is 0.723. The molecule has 17 heavy (non-hydrogen) atoms. The van der Waals surface area contributed by atoms with Gasteiger partial charge in [-0.05, 0) is 18.2 Å². The third-order valence-corrected chi connectivity index (χ3v) is 2.60. The predicted octanol–water partition coefficient (Wildman–Crippen LogP) is 1.86. The van der Waals surface area contributed by atoms with E-state index in [-0.39, 0.29) is 0 Å². The number of nitrogens with one attached hydrogen (secondary N) is 1. The fraction of sp³-hybridized carbons (Fsp3) is 0.0833. The first-order valence-electron chi connectivity index (χ1n) is 5.33. The van der Waals surface area contributed by atoms with Crippen LogP contribution in [0.25, 0.3) is 16.7 Å². The van der Waals surface area contributed by atoms with Crippen LogP contribution in [0.2, 0.25) is 0 Å². The Bertz CT molecular complexity index is 659. The zero-order valence-corrected chi connectivity index (χ0v) is 9.33. The van der Waals surface area contributed by atoms with E-state index in [1.807, 2.05) is 43.4 Å². The number of pyridine rings is 1. The van der Waals surface area contributed by atoms with Crippen LogP contribution in [-0.2, 0) is 0 Å². The third kappa shape index (κ3) is 1.61. The van der Waals surface area contributed by atoms with Gasteiger partial charge >= 0.3 is 0 Å². The van der Waals surface area contributed by atoms with Crippen molar-refractivity contribution in [1.82, 2.24) is 20.0 Å². The van der Waals surface area contributed by atoms with Crippen molar-refractivity contribution >= 4 is 16.9 Å². The second kappa shape index (κ2) is 3.86. The maximum absolute atomic E-state index is 4.18. The topological polar surface area (TPSA) is 55.6 Å². The minimum atomic E-state index is 0.807. The number of anilines is 1. The van der Waals surface area contributed by atoms with Crippen LogP contribution in [0.5, 0.6) is 0 Å². The number of nitrogens with zero attached hydrogens (tertiary/aromatic N) is 4. The van der Waals surface area contributed by atoms with Crippen molar-refractivity contribution in [2.75, 3.05) is 12.4 Å². The Morgan fingerprint density at radius 2 is 2.06 bits per heavy atom. The minimum Gasteiger partial charge on any atom is -0.373 e.